The van der Waals surface area contributed by atoms with E-state index < -0.39 is 0 Å². The van der Waals surface area contributed by atoms with Gasteiger partial charge in [-0.25, -0.2) is 0 Å². The van der Waals surface area contributed by atoms with Gasteiger partial charge in [0.25, 0.3) is 0 Å². The molecule has 0 saturated heterocycles. The van der Waals surface area contributed by atoms with Crippen LogP contribution in [0.1, 0.15) is 72.1 Å². The maximum Gasteiger partial charge on any atom is 0.0665 e. The van der Waals surface area contributed by atoms with Gasteiger partial charge in [0.05, 0.1) is 12.2 Å². The van der Waals surface area contributed by atoms with Crippen molar-refractivity contribution in [1.29, 1.82) is 0 Å². The summed E-state index contributed by atoms with van der Waals surface area (Å²) in [5, 5.41) is 3.72. The molecule has 0 amide bonds. The van der Waals surface area contributed by atoms with E-state index >= 15 is 0 Å². The monoisotopic (exact) mass is 279 g/mol. The van der Waals surface area contributed by atoms with Gasteiger partial charge >= 0.3 is 0 Å². The van der Waals surface area contributed by atoms with Crippen LogP contribution in [0.4, 0.5) is 0 Å². The first kappa shape index (κ1) is 14.8. The van der Waals surface area contributed by atoms with Crippen molar-refractivity contribution < 1.29 is 4.74 Å². The maximum atomic E-state index is 6.62. The molecule has 3 aliphatic rings. The van der Waals surface area contributed by atoms with Crippen LogP contribution in [0.5, 0.6) is 0 Å². The highest BCUT2D eigenvalue weighted by atomic mass is 16.5. The Morgan fingerprint density at radius 3 is 2.45 bits per heavy atom. The third-order valence-corrected chi connectivity index (χ3v) is 6.68. The van der Waals surface area contributed by atoms with Crippen molar-refractivity contribution in [3.8, 4) is 0 Å². The molecule has 0 aromatic rings. The van der Waals surface area contributed by atoms with E-state index in [1.54, 1.807) is 0 Å². The Labute approximate surface area is 125 Å². The first-order chi connectivity index (χ1) is 9.65. The van der Waals surface area contributed by atoms with E-state index in [-0.39, 0.29) is 0 Å². The van der Waals surface area contributed by atoms with Gasteiger partial charge in [-0.05, 0) is 56.9 Å². The van der Waals surface area contributed by atoms with Crippen LogP contribution in [0.25, 0.3) is 0 Å². The minimum Gasteiger partial charge on any atom is -0.374 e. The van der Waals surface area contributed by atoms with Crippen molar-refractivity contribution in [1.82, 2.24) is 5.32 Å². The van der Waals surface area contributed by atoms with Crippen molar-refractivity contribution in [3.63, 3.8) is 0 Å². The van der Waals surface area contributed by atoms with Gasteiger partial charge in [-0.2, -0.15) is 0 Å². The molecule has 0 aromatic heterocycles. The molecule has 0 heterocycles. The summed E-state index contributed by atoms with van der Waals surface area (Å²) in [5.41, 5.74) is 0.502. The molecule has 0 aliphatic heterocycles. The van der Waals surface area contributed by atoms with Crippen molar-refractivity contribution in [2.24, 2.45) is 17.3 Å². The maximum absolute atomic E-state index is 6.62. The Hall–Kier alpha value is -0.0800. The molecule has 1 N–H and O–H groups in total. The number of hydrogen-bond donors (Lipinski definition) is 1. The molecule has 2 heteroatoms. The Morgan fingerprint density at radius 1 is 1.05 bits per heavy atom. The first-order valence-electron chi connectivity index (χ1n) is 9.04. The van der Waals surface area contributed by atoms with E-state index in [1.807, 2.05) is 0 Å². The van der Waals surface area contributed by atoms with Crippen LogP contribution in [0.15, 0.2) is 0 Å². The van der Waals surface area contributed by atoms with Crippen molar-refractivity contribution >= 4 is 0 Å². The standard InChI is InChI=1S/C18H33NO/c1-4-19-16-12-17(18(16)9-5-6-10-18)20-15-8-7-13(2)14(3)11-15/h13-17,19H,4-12H2,1-3H3. The van der Waals surface area contributed by atoms with Crippen LogP contribution in [0.2, 0.25) is 0 Å². The van der Waals surface area contributed by atoms with Gasteiger partial charge in [-0.15, -0.1) is 0 Å². The number of rotatable bonds is 4. The average Bonchev–Trinajstić information content (AvgIpc) is 2.94. The van der Waals surface area contributed by atoms with Gasteiger partial charge in [-0.3, -0.25) is 0 Å². The molecule has 5 atom stereocenters. The highest BCUT2D eigenvalue weighted by Gasteiger charge is 2.56. The van der Waals surface area contributed by atoms with E-state index in [0.717, 1.165) is 24.4 Å². The Morgan fingerprint density at radius 2 is 1.80 bits per heavy atom. The lowest BCUT2D eigenvalue weighted by Crippen LogP contribution is -2.63. The molecule has 1 spiro atoms. The molecule has 3 aliphatic carbocycles. The molecule has 2 nitrogen and oxygen atoms in total. The molecule has 5 unspecified atom stereocenters. The first-order valence-corrected chi connectivity index (χ1v) is 9.04. The van der Waals surface area contributed by atoms with E-state index in [0.29, 0.717) is 17.6 Å². The summed E-state index contributed by atoms with van der Waals surface area (Å²) < 4.78 is 6.62. The second-order valence-electron chi connectivity index (χ2n) is 7.80. The summed E-state index contributed by atoms with van der Waals surface area (Å²) in [5.74, 6) is 1.74. The van der Waals surface area contributed by atoms with E-state index in [1.165, 1.54) is 51.4 Å². The minimum atomic E-state index is 0.502. The summed E-state index contributed by atoms with van der Waals surface area (Å²) in [6.07, 6.45) is 11.9. The second-order valence-corrected chi connectivity index (χ2v) is 7.80. The zero-order valence-electron chi connectivity index (χ0n) is 13.7. The van der Waals surface area contributed by atoms with Crippen LogP contribution < -0.4 is 5.32 Å². The predicted molar refractivity (Wildman–Crippen MR) is 83.8 cm³/mol. The van der Waals surface area contributed by atoms with E-state index in [4.69, 9.17) is 4.74 Å². The van der Waals surface area contributed by atoms with Crippen LogP contribution in [-0.4, -0.2) is 24.8 Å². The Bertz CT molecular complexity index is 323. The number of hydrogen-bond acceptors (Lipinski definition) is 2. The number of nitrogens with one attached hydrogen (secondary N) is 1. The Balaban J connectivity index is 1.58. The van der Waals surface area contributed by atoms with Crippen molar-refractivity contribution in [3.05, 3.63) is 0 Å². The van der Waals surface area contributed by atoms with Crippen molar-refractivity contribution in [2.75, 3.05) is 6.54 Å². The largest absolute Gasteiger partial charge is 0.374 e. The van der Waals surface area contributed by atoms with Gasteiger partial charge in [0.1, 0.15) is 0 Å². The SMILES string of the molecule is CCNC1CC(OC2CCC(C)C(C)C2)C12CCCC2. The van der Waals surface area contributed by atoms with E-state index in [2.05, 4.69) is 26.1 Å². The lowest BCUT2D eigenvalue weighted by molar-refractivity contribution is -0.171. The fraction of sp³-hybridized carbons (Fsp3) is 1.00. The average molecular weight is 279 g/mol. The normalized spacial score (nSPS) is 43.6. The smallest absolute Gasteiger partial charge is 0.0665 e. The molecule has 3 rings (SSSR count). The Kier molecular flexibility index (Phi) is 4.42. The molecular formula is C18H33NO. The predicted octanol–water partition coefficient (Wildman–Crippen LogP) is 4.14. The van der Waals surface area contributed by atoms with Crippen LogP contribution >= 0.6 is 0 Å². The van der Waals surface area contributed by atoms with Gasteiger partial charge in [-0.1, -0.05) is 33.6 Å². The summed E-state index contributed by atoms with van der Waals surface area (Å²) in [6, 6.07) is 0.736. The van der Waals surface area contributed by atoms with Crippen LogP contribution in [0, 0.1) is 17.3 Å². The zero-order valence-corrected chi connectivity index (χ0v) is 13.7. The summed E-state index contributed by atoms with van der Waals surface area (Å²) in [6.45, 7) is 8.16. The van der Waals surface area contributed by atoms with Crippen LogP contribution in [-0.2, 0) is 4.74 Å². The quantitative estimate of drug-likeness (QED) is 0.835. The molecule has 0 bridgehead atoms. The fourth-order valence-electron chi connectivity index (χ4n) is 5.03. The van der Waals surface area contributed by atoms with Gasteiger partial charge in [0, 0.05) is 11.5 Å². The summed E-state index contributed by atoms with van der Waals surface area (Å²) in [4.78, 5) is 0. The van der Waals surface area contributed by atoms with Gasteiger partial charge in [0.15, 0.2) is 0 Å². The highest BCUT2D eigenvalue weighted by Crippen LogP contribution is 2.55. The molecular weight excluding hydrogens is 246 g/mol. The molecule has 3 saturated carbocycles. The third kappa shape index (κ3) is 2.54. The molecule has 3 fully saturated rings. The lowest BCUT2D eigenvalue weighted by Gasteiger charge is -2.55. The van der Waals surface area contributed by atoms with Gasteiger partial charge < -0.3 is 10.1 Å². The molecule has 20 heavy (non-hydrogen) atoms. The van der Waals surface area contributed by atoms with Crippen LogP contribution in [0.3, 0.4) is 0 Å². The topological polar surface area (TPSA) is 21.3 Å². The highest BCUT2D eigenvalue weighted by molar-refractivity contribution is 5.10. The summed E-state index contributed by atoms with van der Waals surface area (Å²) >= 11 is 0. The summed E-state index contributed by atoms with van der Waals surface area (Å²) in [7, 11) is 0. The fourth-order valence-corrected chi connectivity index (χ4v) is 5.03. The third-order valence-electron chi connectivity index (χ3n) is 6.68. The zero-order chi connectivity index (χ0) is 14.2. The molecule has 116 valence electrons. The second kappa shape index (κ2) is 5.96. The minimum absolute atomic E-state index is 0.502. The van der Waals surface area contributed by atoms with Crippen molar-refractivity contribution in [2.45, 2.75) is 90.4 Å². The van der Waals surface area contributed by atoms with E-state index in [9.17, 15) is 0 Å². The molecule has 0 radical (unpaired) electrons. The lowest BCUT2D eigenvalue weighted by atomic mass is 9.60. The number of ether oxygens (including phenoxy) is 1. The molecule has 0 aromatic carbocycles. The van der Waals surface area contributed by atoms with Gasteiger partial charge in [0.2, 0.25) is 0 Å².